The molecule has 0 atom stereocenters. The number of likely N-dealkylation sites (tertiary alicyclic amines) is 1. The van der Waals surface area contributed by atoms with Gasteiger partial charge in [-0.2, -0.15) is 0 Å². The lowest BCUT2D eigenvalue weighted by Crippen LogP contribution is -2.34. The van der Waals surface area contributed by atoms with Crippen molar-refractivity contribution in [1.29, 1.82) is 0 Å². The first-order chi connectivity index (χ1) is 8.09. The fourth-order valence-corrected chi connectivity index (χ4v) is 1.58. The van der Waals surface area contributed by atoms with Gasteiger partial charge >= 0.3 is 5.97 Å². The van der Waals surface area contributed by atoms with Gasteiger partial charge in [0, 0.05) is 26.1 Å². The average molecular weight is 240 g/mol. The van der Waals surface area contributed by atoms with Crippen molar-refractivity contribution in [2.75, 3.05) is 19.6 Å². The van der Waals surface area contributed by atoms with Crippen molar-refractivity contribution in [2.24, 2.45) is 0 Å². The van der Waals surface area contributed by atoms with Crippen molar-refractivity contribution >= 4 is 17.8 Å². The second-order valence-electron chi connectivity index (χ2n) is 3.78. The molecule has 0 aromatic rings. The number of carbonyl (C=O) groups is 3. The van der Waals surface area contributed by atoms with Crippen molar-refractivity contribution in [3.8, 4) is 0 Å². The van der Waals surface area contributed by atoms with Crippen LogP contribution in [-0.4, -0.2) is 47.4 Å². The third-order valence-corrected chi connectivity index (χ3v) is 2.41. The number of hydrogen-bond donors (Lipinski definition) is 2. The van der Waals surface area contributed by atoms with Gasteiger partial charge in [0.15, 0.2) is 0 Å². The molecule has 6 heteroatoms. The third kappa shape index (κ3) is 5.14. The fraction of sp³-hybridized carbons (Fsp3) is 0.545. The minimum Gasteiger partial charge on any atom is -0.481 e. The molecule has 0 aromatic heterocycles. The standard InChI is InChI=1S/C11H16N2O4/c14-9(3-1-5-11(16)17)12-6-8-13-7-2-4-10(13)15/h1,3H,2,4-8H2,(H,12,14)(H,16,17)/b3-1-. The Hall–Kier alpha value is -1.85. The minimum atomic E-state index is -0.975. The van der Waals surface area contributed by atoms with E-state index in [0.717, 1.165) is 13.0 Å². The van der Waals surface area contributed by atoms with Gasteiger partial charge in [-0.15, -0.1) is 0 Å². The Balaban J connectivity index is 2.13. The Morgan fingerprint density at radius 1 is 1.47 bits per heavy atom. The van der Waals surface area contributed by atoms with Gasteiger partial charge in [-0.25, -0.2) is 0 Å². The second kappa shape index (κ2) is 6.67. The Labute approximate surface area is 99.3 Å². The van der Waals surface area contributed by atoms with Gasteiger partial charge in [0.2, 0.25) is 11.8 Å². The summed E-state index contributed by atoms with van der Waals surface area (Å²) in [5.74, 6) is -1.18. The van der Waals surface area contributed by atoms with Crippen LogP contribution in [0.15, 0.2) is 12.2 Å². The van der Waals surface area contributed by atoms with Gasteiger partial charge in [-0.3, -0.25) is 14.4 Å². The normalized spacial score (nSPS) is 15.5. The number of amides is 2. The molecule has 0 unspecified atom stereocenters. The first-order valence-corrected chi connectivity index (χ1v) is 5.53. The summed E-state index contributed by atoms with van der Waals surface area (Å²) in [4.78, 5) is 34.3. The largest absolute Gasteiger partial charge is 0.481 e. The number of carboxylic acid groups (broad SMARTS) is 1. The zero-order valence-corrected chi connectivity index (χ0v) is 9.52. The zero-order chi connectivity index (χ0) is 12.7. The van der Waals surface area contributed by atoms with Crippen molar-refractivity contribution in [3.63, 3.8) is 0 Å². The molecule has 2 N–H and O–H groups in total. The summed E-state index contributed by atoms with van der Waals surface area (Å²) in [6.07, 6.45) is 3.79. The summed E-state index contributed by atoms with van der Waals surface area (Å²) in [6.45, 7) is 1.66. The van der Waals surface area contributed by atoms with E-state index in [1.165, 1.54) is 12.2 Å². The highest BCUT2D eigenvalue weighted by Gasteiger charge is 2.19. The van der Waals surface area contributed by atoms with Crippen molar-refractivity contribution in [3.05, 3.63) is 12.2 Å². The molecule has 17 heavy (non-hydrogen) atoms. The van der Waals surface area contributed by atoms with Crippen molar-refractivity contribution in [2.45, 2.75) is 19.3 Å². The van der Waals surface area contributed by atoms with E-state index < -0.39 is 5.97 Å². The number of aliphatic carboxylic acids is 1. The highest BCUT2D eigenvalue weighted by molar-refractivity contribution is 5.88. The lowest BCUT2D eigenvalue weighted by Gasteiger charge is -2.14. The second-order valence-corrected chi connectivity index (χ2v) is 3.78. The maximum atomic E-state index is 11.2. The van der Waals surface area contributed by atoms with E-state index in [9.17, 15) is 14.4 Å². The lowest BCUT2D eigenvalue weighted by atomic mass is 10.3. The topological polar surface area (TPSA) is 86.7 Å². The van der Waals surface area contributed by atoms with Gasteiger partial charge in [-0.1, -0.05) is 6.08 Å². The molecule has 1 fully saturated rings. The molecule has 1 aliphatic heterocycles. The van der Waals surface area contributed by atoms with Gasteiger partial charge in [-0.05, 0) is 12.5 Å². The van der Waals surface area contributed by atoms with E-state index in [1.807, 2.05) is 0 Å². The highest BCUT2D eigenvalue weighted by atomic mass is 16.4. The lowest BCUT2D eigenvalue weighted by molar-refractivity contribution is -0.136. The van der Waals surface area contributed by atoms with Crippen LogP contribution in [0, 0.1) is 0 Å². The Morgan fingerprint density at radius 2 is 2.24 bits per heavy atom. The summed E-state index contributed by atoms with van der Waals surface area (Å²) in [5, 5.41) is 10.9. The van der Waals surface area contributed by atoms with Crippen LogP contribution >= 0.6 is 0 Å². The van der Waals surface area contributed by atoms with E-state index in [-0.39, 0.29) is 18.2 Å². The molecule has 0 aliphatic carbocycles. The summed E-state index contributed by atoms with van der Waals surface area (Å²) in [5.41, 5.74) is 0. The summed E-state index contributed by atoms with van der Waals surface area (Å²) < 4.78 is 0. The SMILES string of the molecule is O=C(O)C/C=C\C(=O)NCCN1CCCC1=O. The van der Waals surface area contributed by atoms with Crippen LogP contribution in [0.2, 0.25) is 0 Å². The number of nitrogens with zero attached hydrogens (tertiary/aromatic N) is 1. The fourth-order valence-electron chi connectivity index (χ4n) is 1.58. The molecule has 1 heterocycles. The third-order valence-electron chi connectivity index (χ3n) is 2.41. The summed E-state index contributed by atoms with van der Waals surface area (Å²) in [7, 11) is 0. The Kier molecular flexibility index (Phi) is 5.19. The molecule has 1 aliphatic rings. The first-order valence-electron chi connectivity index (χ1n) is 5.53. The smallest absolute Gasteiger partial charge is 0.307 e. The van der Waals surface area contributed by atoms with Gasteiger partial charge < -0.3 is 15.3 Å². The number of hydrogen-bond acceptors (Lipinski definition) is 3. The van der Waals surface area contributed by atoms with E-state index in [2.05, 4.69) is 5.32 Å². The molecule has 1 rings (SSSR count). The molecule has 94 valence electrons. The predicted octanol–water partition coefficient (Wildman–Crippen LogP) is -0.244. The van der Waals surface area contributed by atoms with E-state index in [4.69, 9.17) is 5.11 Å². The van der Waals surface area contributed by atoms with Crippen LogP contribution < -0.4 is 5.32 Å². The predicted molar refractivity (Wildman–Crippen MR) is 60.2 cm³/mol. The van der Waals surface area contributed by atoms with Crippen LogP contribution in [0.5, 0.6) is 0 Å². The molecule has 6 nitrogen and oxygen atoms in total. The minimum absolute atomic E-state index is 0.126. The molecular formula is C11H16N2O4. The van der Waals surface area contributed by atoms with Crippen LogP contribution in [0.25, 0.3) is 0 Å². The van der Waals surface area contributed by atoms with Crippen LogP contribution in [-0.2, 0) is 14.4 Å². The number of carboxylic acids is 1. The van der Waals surface area contributed by atoms with Crippen molar-refractivity contribution < 1.29 is 19.5 Å². The average Bonchev–Trinajstić information content (AvgIpc) is 2.64. The van der Waals surface area contributed by atoms with Crippen LogP contribution in [0.3, 0.4) is 0 Å². The first kappa shape index (κ1) is 13.2. The monoisotopic (exact) mass is 240 g/mol. The molecule has 1 saturated heterocycles. The van der Waals surface area contributed by atoms with Crippen LogP contribution in [0.4, 0.5) is 0 Å². The van der Waals surface area contributed by atoms with E-state index in [0.29, 0.717) is 19.5 Å². The molecule has 0 saturated carbocycles. The highest BCUT2D eigenvalue weighted by Crippen LogP contribution is 2.07. The van der Waals surface area contributed by atoms with Crippen LogP contribution in [0.1, 0.15) is 19.3 Å². The summed E-state index contributed by atoms with van der Waals surface area (Å²) in [6, 6.07) is 0. The Bertz CT molecular complexity index is 338. The molecule has 0 spiro atoms. The zero-order valence-electron chi connectivity index (χ0n) is 9.52. The quantitative estimate of drug-likeness (QED) is 0.627. The van der Waals surface area contributed by atoms with E-state index in [1.54, 1.807) is 4.90 Å². The Morgan fingerprint density at radius 3 is 2.82 bits per heavy atom. The molecule has 0 aromatic carbocycles. The molecule has 0 bridgehead atoms. The molecular weight excluding hydrogens is 224 g/mol. The molecule has 2 amide bonds. The number of nitrogens with one attached hydrogen (secondary N) is 1. The maximum Gasteiger partial charge on any atom is 0.307 e. The number of rotatable bonds is 6. The van der Waals surface area contributed by atoms with Gasteiger partial charge in [0.25, 0.3) is 0 Å². The maximum absolute atomic E-state index is 11.2. The van der Waals surface area contributed by atoms with Gasteiger partial charge in [0.1, 0.15) is 0 Å². The summed E-state index contributed by atoms with van der Waals surface area (Å²) >= 11 is 0. The van der Waals surface area contributed by atoms with Crippen molar-refractivity contribution in [1.82, 2.24) is 10.2 Å². The number of carbonyl (C=O) groups excluding carboxylic acids is 2. The van der Waals surface area contributed by atoms with Gasteiger partial charge in [0.05, 0.1) is 6.42 Å². The van der Waals surface area contributed by atoms with E-state index >= 15 is 0 Å². The molecule has 0 radical (unpaired) electrons.